The van der Waals surface area contributed by atoms with Gasteiger partial charge in [0.2, 0.25) is 0 Å². The van der Waals surface area contributed by atoms with Crippen LogP contribution in [0.25, 0.3) is 0 Å². The molecule has 0 aliphatic heterocycles. The summed E-state index contributed by atoms with van der Waals surface area (Å²) in [5.74, 6) is -0.561. The van der Waals surface area contributed by atoms with E-state index in [0.717, 1.165) is 14.8 Å². The molecule has 112 valence electrons. The predicted molar refractivity (Wildman–Crippen MR) is 93.6 cm³/mol. The summed E-state index contributed by atoms with van der Waals surface area (Å²) in [5, 5.41) is 3.25. The van der Waals surface area contributed by atoms with Gasteiger partial charge in [-0.3, -0.25) is 4.57 Å². The van der Waals surface area contributed by atoms with E-state index in [4.69, 9.17) is 9.05 Å². The molecular formula is C15H17INO3P. The minimum atomic E-state index is -3.30. The van der Waals surface area contributed by atoms with Crippen LogP contribution in [-0.4, -0.2) is 14.2 Å². The largest absolute Gasteiger partial charge is 0.368 e. The number of hydrogen-bond donors (Lipinski definition) is 1. The summed E-state index contributed by atoms with van der Waals surface area (Å²) in [6.07, 6.45) is 0. The molecule has 21 heavy (non-hydrogen) atoms. The summed E-state index contributed by atoms with van der Waals surface area (Å²) >= 11 is 2.24. The molecule has 0 bridgehead atoms. The molecular weight excluding hydrogens is 400 g/mol. The van der Waals surface area contributed by atoms with Gasteiger partial charge >= 0.3 is 7.60 Å². The van der Waals surface area contributed by atoms with Crippen molar-refractivity contribution in [3.05, 3.63) is 63.7 Å². The molecule has 1 N–H and O–H groups in total. The summed E-state index contributed by atoms with van der Waals surface area (Å²) in [6.45, 7) is 0. The van der Waals surface area contributed by atoms with Crippen molar-refractivity contribution in [2.24, 2.45) is 0 Å². The Morgan fingerprint density at radius 2 is 1.57 bits per heavy atom. The lowest BCUT2D eigenvalue weighted by molar-refractivity contribution is 0.268. The summed E-state index contributed by atoms with van der Waals surface area (Å²) < 4.78 is 24.3. The Balaban J connectivity index is 2.37. The molecule has 2 rings (SSSR count). The van der Waals surface area contributed by atoms with Gasteiger partial charge in [-0.2, -0.15) is 0 Å². The first-order valence-electron chi connectivity index (χ1n) is 6.37. The first-order valence-corrected chi connectivity index (χ1v) is 9.06. The summed E-state index contributed by atoms with van der Waals surface area (Å²) in [7, 11) is -0.506. The maximum atomic E-state index is 12.8. The van der Waals surface area contributed by atoms with Gasteiger partial charge in [-0.1, -0.05) is 30.3 Å². The third-order valence-corrected chi connectivity index (χ3v) is 5.88. The maximum absolute atomic E-state index is 12.8. The molecule has 0 aromatic heterocycles. The predicted octanol–water partition coefficient (Wildman–Crippen LogP) is 4.89. The van der Waals surface area contributed by atoms with Crippen LogP contribution in [0.5, 0.6) is 0 Å². The monoisotopic (exact) mass is 417 g/mol. The highest BCUT2D eigenvalue weighted by Gasteiger charge is 2.35. The number of halogens is 1. The lowest BCUT2D eigenvalue weighted by Crippen LogP contribution is -2.13. The quantitative estimate of drug-likeness (QED) is 0.537. The fourth-order valence-electron chi connectivity index (χ4n) is 1.97. The zero-order valence-electron chi connectivity index (χ0n) is 11.8. The Kier molecular flexibility index (Phi) is 5.81. The Bertz CT molecular complexity index is 611. The van der Waals surface area contributed by atoms with E-state index in [0.29, 0.717) is 0 Å². The molecule has 0 radical (unpaired) electrons. The molecule has 2 aromatic rings. The van der Waals surface area contributed by atoms with Crippen molar-refractivity contribution in [2.75, 3.05) is 19.5 Å². The lowest BCUT2D eigenvalue weighted by Gasteiger charge is -2.26. The van der Waals surface area contributed by atoms with Gasteiger partial charge < -0.3 is 14.4 Å². The fourth-order valence-corrected chi connectivity index (χ4v) is 3.74. The molecule has 0 aliphatic carbocycles. The van der Waals surface area contributed by atoms with Gasteiger partial charge in [0.1, 0.15) is 0 Å². The van der Waals surface area contributed by atoms with E-state index in [1.54, 1.807) is 0 Å². The van der Waals surface area contributed by atoms with Crippen LogP contribution in [0, 0.1) is 3.57 Å². The molecule has 0 unspecified atom stereocenters. The van der Waals surface area contributed by atoms with Gasteiger partial charge in [0.25, 0.3) is 0 Å². The molecule has 0 fully saturated rings. The van der Waals surface area contributed by atoms with E-state index in [1.165, 1.54) is 14.2 Å². The van der Waals surface area contributed by atoms with Crippen LogP contribution in [0.15, 0.2) is 54.6 Å². The Labute approximate surface area is 138 Å². The van der Waals surface area contributed by atoms with Gasteiger partial charge in [-0.15, -0.1) is 0 Å². The van der Waals surface area contributed by atoms with Crippen LogP contribution in [0.3, 0.4) is 0 Å². The molecule has 0 saturated carbocycles. The molecule has 0 amide bonds. The van der Waals surface area contributed by atoms with Crippen LogP contribution in [0.4, 0.5) is 5.69 Å². The third-order valence-electron chi connectivity index (χ3n) is 3.09. The topological polar surface area (TPSA) is 47.6 Å². The van der Waals surface area contributed by atoms with Gasteiger partial charge in [-0.05, 0) is 52.4 Å². The van der Waals surface area contributed by atoms with Crippen molar-refractivity contribution in [2.45, 2.75) is 5.78 Å². The Hall–Kier alpha value is -0.880. The van der Waals surface area contributed by atoms with E-state index < -0.39 is 13.4 Å². The number of nitrogens with one attached hydrogen (secondary N) is 1. The second kappa shape index (κ2) is 7.40. The van der Waals surface area contributed by atoms with Gasteiger partial charge in [-0.25, -0.2) is 0 Å². The van der Waals surface area contributed by atoms with Crippen LogP contribution in [-0.2, 0) is 13.6 Å². The summed E-state index contributed by atoms with van der Waals surface area (Å²) in [4.78, 5) is 0. The highest BCUT2D eigenvalue weighted by Crippen LogP contribution is 2.59. The Morgan fingerprint density at radius 1 is 1.00 bits per heavy atom. The standard InChI is InChI=1S/C15H17INO3P/c1-19-21(18,20-2)15(12-6-4-3-5-7-12)17-14-10-8-13(16)9-11-14/h3-11,15,17H,1-2H3/t15-/m0/s1. The first kappa shape index (κ1) is 16.5. The van der Waals surface area contributed by atoms with Crippen molar-refractivity contribution in [3.63, 3.8) is 0 Å². The van der Waals surface area contributed by atoms with Crippen molar-refractivity contribution in [1.82, 2.24) is 0 Å². The van der Waals surface area contributed by atoms with Gasteiger partial charge in [0, 0.05) is 23.5 Å². The van der Waals surface area contributed by atoms with Crippen molar-refractivity contribution in [1.29, 1.82) is 0 Å². The zero-order valence-corrected chi connectivity index (χ0v) is 14.9. The van der Waals surface area contributed by atoms with E-state index in [9.17, 15) is 4.57 Å². The van der Waals surface area contributed by atoms with Gasteiger partial charge in [0.05, 0.1) is 0 Å². The molecule has 6 heteroatoms. The average molecular weight is 417 g/mol. The summed E-state index contributed by atoms with van der Waals surface area (Å²) in [6, 6.07) is 17.3. The molecule has 0 heterocycles. The van der Waals surface area contributed by atoms with E-state index in [2.05, 4.69) is 27.9 Å². The second-order valence-electron chi connectivity index (χ2n) is 4.37. The van der Waals surface area contributed by atoms with Crippen LogP contribution in [0.2, 0.25) is 0 Å². The number of rotatable bonds is 6. The smallest absolute Gasteiger partial charge is 0.356 e. The van der Waals surface area contributed by atoms with Crippen LogP contribution >= 0.6 is 30.2 Å². The third kappa shape index (κ3) is 4.07. The Morgan fingerprint density at radius 3 is 2.10 bits per heavy atom. The van der Waals surface area contributed by atoms with E-state index >= 15 is 0 Å². The number of anilines is 1. The van der Waals surface area contributed by atoms with E-state index in [1.807, 2.05) is 54.6 Å². The van der Waals surface area contributed by atoms with Gasteiger partial charge in [0.15, 0.2) is 5.78 Å². The van der Waals surface area contributed by atoms with Crippen molar-refractivity contribution >= 4 is 35.9 Å². The normalized spacial score (nSPS) is 12.9. The van der Waals surface area contributed by atoms with Crippen molar-refractivity contribution in [3.8, 4) is 0 Å². The fraction of sp³-hybridized carbons (Fsp3) is 0.200. The highest BCUT2D eigenvalue weighted by molar-refractivity contribution is 14.1. The minimum absolute atomic E-state index is 0.561. The lowest BCUT2D eigenvalue weighted by atomic mass is 10.2. The number of hydrogen-bond acceptors (Lipinski definition) is 4. The van der Waals surface area contributed by atoms with Crippen LogP contribution < -0.4 is 5.32 Å². The molecule has 0 spiro atoms. The van der Waals surface area contributed by atoms with E-state index in [-0.39, 0.29) is 0 Å². The zero-order chi connectivity index (χ0) is 15.3. The molecule has 2 aromatic carbocycles. The minimum Gasteiger partial charge on any atom is -0.368 e. The molecule has 1 atom stereocenters. The second-order valence-corrected chi connectivity index (χ2v) is 7.94. The van der Waals surface area contributed by atoms with Crippen LogP contribution in [0.1, 0.15) is 11.3 Å². The first-order chi connectivity index (χ1) is 10.1. The number of benzene rings is 2. The highest BCUT2D eigenvalue weighted by atomic mass is 127. The van der Waals surface area contributed by atoms with Crippen molar-refractivity contribution < 1.29 is 13.6 Å². The SMILES string of the molecule is COP(=O)(OC)[C@H](Nc1ccc(I)cc1)c1ccccc1. The maximum Gasteiger partial charge on any atom is 0.356 e. The molecule has 0 aliphatic rings. The average Bonchev–Trinajstić information content (AvgIpc) is 2.54. The summed E-state index contributed by atoms with van der Waals surface area (Å²) in [5.41, 5.74) is 1.71. The molecule has 0 saturated heterocycles. The molecule has 4 nitrogen and oxygen atoms in total.